The number of nitrogens with one attached hydrogen (secondary N) is 2. The predicted octanol–water partition coefficient (Wildman–Crippen LogP) is 4.61. The molecule has 1 amide bonds. The first-order chi connectivity index (χ1) is 16.1. The van der Waals surface area contributed by atoms with Crippen molar-refractivity contribution in [2.75, 3.05) is 6.54 Å². The van der Waals surface area contributed by atoms with Crippen LogP contribution in [0, 0.1) is 0 Å². The van der Waals surface area contributed by atoms with Crippen LogP contribution in [0.25, 0.3) is 0 Å². The number of rotatable bonds is 9. The summed E-state index contributed by atoms with van der Waals surface area (Å²) in [6.45, 7) is 0.564. The second kappa shape index (κ2) is 10.8. The number of hydrogen-bond acceptors (Lipinski definition) is 4. The fraction of sp³-hybridized carbons (Fsp3) is 0.185. The van der Waals surface area contributed by atoms with Gasteiger partial charge >= 0.3 is 4.87 Å². The normalized spacial score (nSPS) is 10.9. The average molecular weight is 459 g/mol. The average Bonchev–Trinajstić information content (AvgIpc) is 3.16. The first-order valence-electron chi connectivity index (χ1n) is 10.9. The number of hydrogen-bond donors (Lipinski definition) is 3. The molecule has 0 atom stereocenters. The zero-order chi connectivity index (χ0) is 23.0. The number of H-pyrrole nitrogens is 1. The highest BCUT2D eigenvalue weighted by Gasteiger charge is 2.17. The number of aromatic amines is 1. The van der Waals surface area contributed by atoms with Crippen LogP contribution in [0.4, 0.5) is 0 Å². The van der Waals surface area contributed by atoms with Gasteiger partial charge in [-0.25, -0.2) is 0 Å². The molecule has 0 bridgehead atoms. The van der Waals surface area contributed by atoms with Crippen molar-refractivity contribution in [2.45, 2.75) is 25.2 Å². The summed E-state index contributed by atoms with van der Waals surface area (Å²) in [5.41, 5.74) is 4.40. The third kappa shape index (κ3) is 6.20. The molecule has 0 fully saturated rings. The van der Waals surface area contributed by atoms with Crippen molar-refractivity contribution in [1.29, 1.82) is 0 Å². The van der Waals surface area contributed by atoms with Gasteiger partial charge in [0.2, 0.25) is 11.8 Å². The van der Waals surface area contributed by atoms with Gasteiger partial charge in [-0.15, -0.1) is 0 Å². The van der Waals surface area contributed by atoms with Crippen LogP contribution in [-0.4, -0.2) is 22.5 Å². The van der Waals surface area contributed by atoms with E-state index in [-0.39, 0.29) is 22.6 Å². The smallest absolute Gasteiger partial charge is 0.307 e. The van der Waals surface area contributed by atoms with Gasteiger partial charge in [-0.05, 0) is 28.7 Å². The highest BCUT2D eigenvalue weighted by molar-refractivity contribution is 7.09. The van der Waals surface area contributed by atoms with E-state index in [1.165, 1.54) is 0 Å². The maximum absolute atomic E-state index is 12.7. The molecule has 3 aromatic carbocycles. The summed E-state index contributed by atoms with van der Waals surface area (Å²) >= 11 is 1.02. The summed E-state index contributed by atoms with van der Waals surface area (Å²) < 4.78 is 0. The van der Waals surface area contributed by atoms with Crippen molar-refractivity contribution in [2.24, 2.45) is 0 Å². The molecule has 33 heavy (non-hydrogen) atoms. The maximum atomic E-state index is 12.7. The Morgan fingerprint density at radius 3 is 2.00 bits per heavy atom. The number of amides is 1. The standard InChI is InChI=1S/C27H26N2O3S/c30-25(18-23(21-7-3-1-4-8-21)22-9-5-2-6-10-22)28-16-15-19-11-13-20(14-12-19)17-24-26(31)29-27(32)33-24/h1-14,23,31H,15-18H2,(H,28,30)(H,29,32). The van der Waals surface area contributed by atoms with Crippen LogP contribution in [0.1, 0.15) is 39.5 Å². The van der Waals surface area contributed by atoms with Crippen LogP contribution in [-0.2, 0) is 17.6 Å². The van der Waals surface area contributed by atoms with E-state index in [0.29, 0.717) is 24.3 Å². The van der Waals surface area contributed by atoms with Gasteiger partial charge in [0.05, 0.1) is 4.88 Å². The van der Waals surface area contributed by atoms with Gasteiger partial charge in [0, 0.05) is 25.3 Å². The molecule has 0 saturated heterocycles. The van der Waals surface area contributed by atoms with Crippen LogP contribution in [0.3, 0.4) is 0 Å². The van der Waals surface area contributed by atoms with Crippen LogP contribution in [0.5, 0.6) is 5.88 Å². The molecule has 0 aliphatic carbocycles. The van der Waals surface area contributed by atoms with E-state index in [4.69, 9.17) is 0 Å². The van der Waals surface area contributed by atoms with Gasteiger partial charge in [0.1, 0.15) is 0 Å². The van der Waals surface area contributed by atoms with E-state index in [2.05, 4.69) is 34.6 Å². The lowest BCUT2D eigenvalue weighted by molar-refractivity contribution is -0.121. The fourth-order valence-corrected chi connectivity index (χ4v) is 4.64. The fourth-order valence-electron chi connectivity index (χ4n) is 3.88. The van der Waals surface area contributed by atoms with Gasteiger partial charge in [-0.1, -0.05) is 96.3 Å². The van der Waals surface area contributed by atoms with Crippen LogP contribution in [0.15, 0.2) is 89.7 Å². The highest BCUT2D eigenvalue weighted by Crippen LogP contribution is 2.27. The summed E-state index contributed by atoms with van der Waals surface area (Å²) in [5, 5.41) is 12.8. The van der Waals surface area contributed by atoms with Crippen LogP contribution in [0.2, 0.25) is 0 Å². The van der Waals surface area contributed by atoms with Gasteiger partial charge in [-0.2, -0.15) is 0 Å². The Hall–Kier alpha value is -3.64. The Morgan fingerprint density at radius 2 is 1.45 bits per heavy atom. The van der Waals surface area contributed by atoms with E-state index in [0.717, 1.165) is 40.0 Å². The first kappa shape index (κ1) is 22.6. The molecule has 0 saturated carbocycles. The molecular formula is C27H26N2O3S. The zero-order valence-corrected chi connectivity index (χ0v) is 19.0. The molecule has 0 spiro atoms. The lowest BCUT2D eigenvalue weighted by Crippen LogP contribution is -2.27. The SMILES string of the molecule is O=C(CC(c1ccccc1)c1ccccc1)NCCc1ccc(Cc2sc(=O)[nH]c2O)cc1. The molecule has 6 heteroatoms. The van der Waals surface area contributed by atoms with Crippen molar-refractivity contribution in [3.63, 3.8) is 0 Å². The minimum atomic E-state index is -0.253. The number of aromatic hydroxyl groups is 1. The van der Waals surface area contributed by atoms with Gasteiger partial charge in [0.25, 0.3) is 0 Å². The molecule has 168 valence electrons. The van der Waals surface area contributed by atoms with E-state index in [9.17, 15) is 14.7 Å². The molecule has 0 aliphatic heterocycles. The molecule has 1 aromatic heterocycles. The molecule has 4 rings (SSSR count). The molecule has 0 aliphatic rings. The van der Waals surface area contributed by atoms with E-state index in [1.54, 1.807) is 0 Å². The Bertz CT molecular complexity index is 1190. The highest BCUT2D eigenvalue weighted by atomic mass is 32.1. The Balaban J connectivity index is 1.31. The third-order valence-corrected chi connectivity index (χ3v) is 6.49. The molecule has 3 N–H and O–H groups in total. The predicted molar refractivity (Wildman–Crippen MR) is 132 cm³/mol. The molecular weight excluding hydrogens is 432 g/mol. The second-order valence-corrected chi connectivity index (χ2v) is 9.03. The maximum Gasteiger partial charge on any atom is 0.307 e. The number of carbonyl (C=O) groups excluding carboxylic acids is 1. The van der Waals surface area contributed by atoms with Crippen LogP contribution < -0.4 is 10.2 Å². The van der Waals surface area contributed by atoms with Crippen molar-refractivity contribution in [1.82, 2.24) is 10.3 Å². The van der Waals surface area contributed by atoms with Crippen molar-refractivity contribution in [3.8, 4) is 5.88 Å². The Labute approximate surface area is 196 Å². The van der Waals surface area contributed by atoms with Gasteiger partial charge < -0.3 is 10.4 Å². The van der Waals surface area contributed by atoms with Crippen molar-refractivity contribution in [3.05, 3.63) is 122 Å². The lowest BCUT2D eigenvalue weighted by atomic mass is 9.88. The third-order valence-electron chi connectivity index (χ3n) is 5.62. The quantitative estimate of drug-likeness (QED) is 0.342. The molecule has 4 aromatic rings. The number of thiazole rings is 1. The first-order valence-corrected chi connectivity index (χ1v) is 11.8. The largest absolute Gasteiger partial charge is 0.494 e. The minimum Gasteiger partial charge on any atom is -0.494 e. The van der Waals surface area contributed by atoms with E-state index in [1.807, 2.05) is 60.7 Å². The summed E-state index contributed by atoms with van der Waals surface area (Å²) in [5.74, 6) is -0.00417. The molecule has 5 nitrogen and oxygen atoms in total. The second-order valence-electron chi connectivity index (χ2n) is 7.96. The van der Waals surface area contributed by atoms with E-state index < -0.39 is 0 Å². The van der Waals surface area contributed by atoms with Gasteiger partial charge in [0.15, 0.2) is 0 Å². The summed E-state index contributed by atoms with van der Waals surface area (Å²) in [6.07, 6.45) is 1.64. The number of carbonyl (C=O) groups is 1. The Kier molecular flexibility index (Phi) is 7.37. The minimum absolute atomic E-state index is 0.0206. The molecule has 0 radical (unpaired) electrons. The Morgan fingerprint density at radius 1 is 0.879 bits per heavy atom. The van der Waals surface area contributed by atoms with Crippen molar-refractivity contribution >= 4 is 17.2 Å². The van der Waals surface area contributed by atoms with Gasteiger partial charge in [-0.3, -0.25) is 14.6 Å². The van der Waals surface area contributed by atoms with Crippen LogP contribution >= 0.6 is 11.3 Å². The summed E-state index contributed by atoms with van der Waals surface area (Å²) in [4.78, 5) is 26.8. The van der Waals surface area contributed by atoms with E-state index >= 15 is 0 Å². The summed E-state index contributed by atoms with van der Waals surface area (Å²) in [7, 11) is 0. The lowest BCUT2D eigenvalue weighted by Gasteiger charge is -2.18. The zero-order valence-electron chi connectivity index (χ0n) is 18.2. The summed E-state index contributed by atoms with van der Waals surface area (Å²) in [6, 6.07) is 28.3. The number of benzene rings is 3. The number of aromatic nitrogens is 1. The molecule has 1 heterocycles. The monoisotopic (exact) mass is 458 g/mol. The molecule has 0 unspecified atom stereocenters. The van der Waals surface area contributed by atoms with Crippen molar-refractivity contribution < 1.29 is 9.90 Å². The topological polar surface area (TPSA) is 82.2 Å².